The number of carbonyl (C=O) groups is 1. The SMILES string of the molecule is C=CCN(C)Cc1ccc(C2CCC(N(C)C(=O)Oc3ccc(Cl)cc3)CC2)cc1. The standard InChI is InChI=1S/C25H31ClN2O2/c1-4-17-27(2)18-19-5-7-20(8-6-19)21-9-13-23(14-10-21)28(3)25(29)30-24-15-11-22(26)12-16-24/h4-8,11-12,15-16,21,23H,1,9-10,13-14,17-18H2,2-3H3. The third-order valence-electron chi connectivity index (χ3n) is 5.90. The van der Waals surface area contributed by atoms with Gasteiger partial charge in [-0.05, 0) is 74.0 Å². The van der Waals surface area contributed by atoms with E-state index >= 15 is 0 Å². The van der Waals surface area contributed by atoms with E-state index in [1.54, 1.807) is 29.2 Å². The fourth-order valence-corrected chi connectivity index (χ4v) is 4.24. The van der Waals surface area contributed by atoms with Crippen LogP contribution in [0.15, 0.2) is 61.2 Å². The lowest BCUT2D eigenvalue weighted by atomic mass is 9.81. The van der Waals surface area contributed by atoms with E-state index in [0.29, 0.717) is 16.7 Å². The summed E-state index contributed by atoms with van der Waals surface area (Å²) >= 11 is 5.88. The molecule has 2 aromatic carbocycles. The highest BCUT2D eigenvalue weighted by Crippen LogP contribution is 2.35. The molecule has 0 aromatic heterocycles. The minimum Gasteiger partial charge on any atom is -0.410 e. The van der Waals surface area contributed by atoms with Gasteiger partial charge >= 0.3 is 6.09 Å². The molecular weight excluding hydrogens is 396 g/mol. The molecule has 1 aliphatic carbocycles. The first-order valence-corrected chi connectivity index (χ1v) is 10.9. The summed E-state index contributed by atoms with van der Waals surface area (Å²) in [4.78, 5) is 16.5. The molecular formula is C25H31ClN2O2. The van der Waals surface area contributed by atoms with Crippen molar-refractivity contribution < 1.29 is 9.53 Å². The van der Waals surface area contributed by atoms with E-state index < -0.39 is 0 Å². The lowest BCUT2D eigenvalue weighted by molar-refractivity contribution is 0.130. The molecule has 0 saturated heterocycles. The number of rotatable bonds is 7. The van der Waals surface area contributed by atoms with E-state index in [1.807, 2.05) is 13.1 Å². The minimum atomic E-state index is -0.311. The number of carbonyl (C=O) groups excluding carboxylic acids is 1. The summed E-state index contributed by atoms with van der Waals surface area (Å²) in [5.41, 5.74) is 2.72. The predicted octanol–water partition coefficient (Wildman–Crippen LogP) is 6.11. The van der Waals surface area contributed by atoms with Crippen molar-refractivity contribution in [3.05, 3.63) is 77.3 Å². The Labute approximate surface area is 185 Å². The Balaban J connectivity index is 1.49. The molecule has 5 heteroatoms. The largest absolute Gasteiger partial charge is 0.415 e. The van der Waals surface area contributed by atoms with Crippen LogP contribution in [-0.4, -0.2) is 42.6 Å². The number of halogens is 1. The number of ether oxygens (including phenoxy) is 1. The quantitative estimate of drug-likeness (QED) is 0.500. The van der Waals surface area contributed by atoms with Crippen LogP contribution >= 0.6 is 11.6 Å². The Kier molecular flexibility index (Phi) is 7.94. The average Bonchev–Trinajstić information content (AvgIpc) is 2.75. The Morgan fingerprint density at radius 1 is 1.07 bits per heavy atom. The van der Waals surface area contributed by atoms with Gasteiger partial charge in [-0.15, -0.1) is 6.58 Å². The predicted molar refractivity (Wildman–Crippen MR) is 123 cm³/mol. The van der Waals surface area contributed by atoms with Gasteiger partial charge in [0.05, 0.1) is 0 Å². The summed E-state index contributed by atoms with van der Waals surface area (Å²) in [6.07, 6.45) is 5.75. The van der Waals surface area contributed by atoms with Gasteiger partial charge in [0.15, 0.2) is 0 Å². The van der Waals surface area contributed by atoms with Gasteiger partial charge in [0.1, 0.15) is 5.75 Å². The van der Waals surface area contributed by atoms with Gasteiger partial charge in [-0.2, -0.15) is 0 Å². The van der Waals surface area contributed by atoms with Gasteiger partial charge in [0, 0.05) is 31.2 Å². The molecule has 0 aliphatic heterocycles. The summed E-state index contributed by atoms with van der Waals surface area (Å²) in [5.74, 6) is 1.07. The van der Waals surface area contributed by atoms with Crippen molar-refractivity contribution in [2.24, 2.45) is 0 Å². The molecule has 0 spiro atoms. The normalized spacial score (nSPS) is 18.8. The van der Waals surface area contributed by atoms with Crippen molar-refractivity contribution in [1.82, 2.24) is 9.80 Å². The van der Waals surface area contributed by atoms with E-state index in [4.69, 9.17) is 16.3 Å². The van der Waals surface area contributed by atoms with Crippen molar-refractivity contribution in [2.75, 3.05) is 20.6 Å². The summed E-state index contributed by atoms with van der Waals surface area (Å²) in [6.45, 7) is 5.61. The topological polar surface area (TPSA) is 32.8 Å². The van der Waals surface area contributed by atoms with Crippen molar-refractivity contribution in [1.29, 1.82) is 0 Å². The highest BCUT2D eigenvalue weighted by atomic mass is 35.5. The van der Waals surface area contributed by atoms with Crippen LogP contribution in [0.4, 0.5) is 4.79 Å². The highest BCUT2D eigenvalue weighted by molar-refractivity contribution is 6.30. The third kappa shape index (κ3) is 6.10. The molecule has 160 valence electrons. The zero-order valence-electron chi connectivity index (χ0n) is 17.9. The zero-order chi connectivity index (χ0) is 21.5. The first-order valence-electron chi connectivity index (χ1n) is 10.5. The van der Waals surface area contributed by atoms with E-state index in [1.165, 1.54) is 11.1 Å². The van der Waals surface area contributed by atoms with Crippen LogP contribution < -0.4 is 4.74 Å². The summed E-state index contributed by atoms with van der Waals surface area (Å²) in [5, 5.41) is 0.623. The summed E-state index contributed by atoms with van der Waals surface area (Å²) in [6, 6.07) is 16.1. The van der Waals surface area contributed by atoms with Crippen LogP contribution in [0.1, 0.15) is 42.7 Å². The first-order chi connectivity index (χ1) is 14.5. The summed E-state index contributed by atoms with van der Waals surface area (Å²) < 4.78 is 5.48. The molecule has 0 atom stereocenters. The van der Waals surface area contributed by atoms with Crippen molar-refractivity contribution in [3.63, 3.8) is 0 Å². The number of likely N-dealkylation sites (N-methyl/N-ethyl adjacent to an activating group) is 1. The van der Waals surface area contributed by atoms with Crippen molar-refractivity contribution in [3.8, 4) is 5.75 Å². The molecule has 1 amide bonds. The lowest BCUT2D eigenvalue weighted by Crippen LogP contribution is -2.40. The van der Waals surface area contributed by atoms with Gasteiger partial charge in [-0.3, -0.25) is 4.90 Å². The molecule has 1 fully saturated rings. The number of hydrogen-bond donors (Lipinski definition) is 0. The van der Waals surface area contributed by atoms with Crippen LogP contribution in [0, 0.1) is 0 Å². The first kappa shape index (κ1) is 22.4. The van der Waals surface area contributed by atoms with E-state index in [9.17, 15) is 4.79 Å². The zero-order valence-corrected chi connectivity index (χ0v) is 18.6. The maximum Gasteiger partial charge on any atom is 0.415 e. The van der Waals surface area contributed by atoms with Crippen molar-refractivity contribution in [2.45, 2.75) is 44.2 Å². The number of nitrogens with zero attached hydrogens (tertiary/aromatic N) is 2. The van der Waals surface area contributed by atoms with Gasteiger partial charge in [-0.25, -0.2) is 4.79 Å². The molecule has 2 aromatic rings. The van der Waals surface area contributed by atoms with Gasteiger partial charge in [0.2, 0.25) is 0 Å². The Hall–Kier alpha value is -2.30. The Morgan fingerprint density at radius 2 is 1.70 bits per heavy atom. The molecule has 3 rings (SSSR count). The third-order valence-corrected chi connectivity index (χ3v) is 6.15. The molecule has 0 heterocycles. The van der Waals surface area contributed by atoms with Crippen LogP contribution in [0.25, 0.3) is 0 Å². The second kappa shape index (κ2) is 10.6. The maximum absolute atomic E-state index is 12.5. The molecule has 0 unspecified atom stereocenters. The maximum atomic E-state index is 12.5. The van der Waals surface area contributed by atoms with Crippen LogP contribution in [0.5, 0.6) is 5.75 Å². The fraction of sp³-hybridized carbons (Fsp3) is 0.400. The fourth-order valence-electron chi connectivity index (χ4n) is 4.11. The monoisotopic (exact) mass is 426 g/mol. The Bertz CT molecular complexity index is 827. The van der Waals surface area contributed by atoms with Gasteiger partial charge < -0.3 is 9.64 Å². The average molecular weight is 427 g/mol. The van der Waals surface area contributed by atoms with E-state index in [-0.39, 0.29) is 12.1 Å². The molecule has 1 saturated carbocycles. The van der Waals surface area contributed by atoms with Crippen LogP contribution in [-0.2, 0) is 6.54 Å². The Morgan fingerprint density at radius 3 is 2.30 bits per heavy atom. The highest BCUT2D eigenvalue weighted by Gasteiger charge is 2.28. The lowest BCUT2D eigenvalue weighted by Gasteiger charge is -2.34. The molecule has 30 heavy (non-hydrogen) atoms. The molecule has 0 radical (unpaired) electrons. The number of benzene rings is 2. The smallest absolute Gasteiger partial charge is 0.410 e. The molecule has 1 aliphatic rings. The van der Waals surface area contributed by atoms with Crippen LogP contribution in [0.3, 0.4) is 0 Å². The molecule has 0 N–H and O–H groups in total. The number of hydrogen-bond acceptors (Lipinski definition) is 3. The summed E-state index contributed by atoms with van der Waals surface area (Å²) in [7, 11) is 3.93. The van der Waals surface area contributed by atoms with Crippen LogP contribution in [0.2, 0.25) is 5.02 Å². The number of amides is 1. The molecule has 4 nitrogen and oxygen atoms in total. The second-order valence-corrected chi connectivity index (χ2v) is 8.60. The van der Waals surface area contributed by atoms with Gasteiger partial charge in [-0.1, -0.05) is 41.9 Å². The van der Waals surface area contributed by atoms with E-state index in [0.717, 1.165) is 38.8 Å². The van der Waals surface area contributed by atoms with Gasteiger partial charge in [0.25, 0.3) is 0 Å². The molecule has 0 bridgehead atoms. The second-order valence-electron chi connectivity index (χ2n) is 8.17. The van der Waals surface area contributed by atoms with Crippen molar-refractivity contribution >= 4 is 17.7 Å². The minimum absolute atomic E-state index is 0.216. The van der Waals surface area contributed by atoms with E-state index in [2.05, 4.69) is 42.8 Å².